The maximum absolute atomic E-state index is 12.4. The van der Waals surface area contributed by atoms with Gasteiger partial charge in [-0.1, -0.05) is 12.1 Å². The number of benzene rings is 1. The van der Waals surface area contributed by atoms with Crippen LogP contribution in [0.4, 0.5) is 0 Å². The molecule has 0 aliphatic carbocycles. The Bertz CT molecular complexity index is 486. The Morgan fingerprint density at radius 1 is 1.25 bits per heavy atom. The van der Waals surface area contributed by atoms with Crippen molar-refractivity contribution in [1.82, 2.24) is 4.90 Å². The van der Waals surface area contributed by atoms with Gasteiger partial charge in [0.25, 0.3) is 0 Å². The third kappa shape index (κ3) is 6.16. The highest BCUT2D eigenvalue weighted by molar-refractivity contribution is 5.76. The number of piperidine rings is 1. The molecule has 0 aromatic heterocycles. The number of methoxy groups -OCH3 is 1. The molecule has 1 amide bonds. The molecule has 1 unspecified atom stereocenters. The predicted molar refractivity (Wildman–Crippen MR) is 96.3 cm³/mol. The van der Waals surface area contributed by atoms with Crippen LogP contribution in [-0.4, -0.2) is 44.2 Å². The minimum absolute atomic E-state index is 0.311. The first-order valence-electron chi connectivity index (χ1n) is 9.21. The van der Waals surface area contributed by atoms with E-state index in [2.05, 4.69) is 12.1 Å². The fourth-order valence-electron chi connectivity index (χ4n) is 3.27. The first-order valence-corrected chi connectivity index (χ1v) is 9.21. The van der Waals surface area contributed by atoms with E-state index in [4.69, 9.17) is 9.47 Å². The van der Waals surface area contributed by atoms with Gasteiger partial charge in [0.05, 0.1) is 13.7 Å². The van der Waals surface area contributed by atoms with Crippen LogP contribution in [-0.2, 0) is 16.0 Å². The summed E-state index contributed by atoms with van der Waals surface area (Å²) in [6.45, 7) is 5.36. The molecule has 1 fully saturated rings. The molecule has 0 radical (unpaired) electrons. The number of carbonyl (C=O) groups excluding carboxylic acids is 1. The van der Waals surface area contributed by atoms with Crippen molar-refractivity contribution in [3.05, 3.63) is 29.8 Å². The Balaban J connectivity index is 1.65. The lowest BCUT2D eigenvalue weighted by atomic mass is 9.98. The molecule has 0 N–H and O–H groups in total. The molecule has 1 saturated heterocycles. The van der Waals surface area contributed by atoms with E-state index < -0.39 is 0 Å². The first kappa shape index (κ1) is 18.8. The van der Waals surface area contributed by atoms with E-state index in [9.17, 15) is 4.79 Å². The standard InChI is InChI=1S/C20H31NO3/c1-3-24-16-18-8-6-14-21(15-18)20(22)9-5-4-7-17-10-12-19(23-2)13-11-17/h10-13,18H,3-9,14-16H2,1-2H3. The summed E-state index contributed by atoms with van der Waals surface area (Å²) < 4.78 is 10.7. The molecule has 1 atom stereocenters. The number of hydrogen-bond donors (Lipinski definition) is 0. The molecule has 134 valence electrons. The van der Waals surface area contributed by atoms with Crippen molar-refractivity contribution in [2.45, 2.75) is 45.4 Å². The molecule has 1 aromatic rings. The topological polar surface area (TPSA) is 38.8 Å². The average molecular weight is 333 g/mol. The molecule has 4 nitrogen and oxygen atoms in total. The van der Waals surface area contributed by atoms with Crippen LogP contribution in [0, 0.1) is 5.92 Å². The van der Waals surface area contributed by atoms with E-state index in [1.54, 1.807) is 7.11 Å². The maximum atomic E-state index is 12.4. The van der Waals surface area contributed by atoms with Crippen molar-refractivity contribution in [1.29, 1.82) is 0 Å². The number of unbranched alkanes of at least 4 members (excludes halogenated alkanes) is 1. The highest BCUT2D eigenvalue weighted by atomic mass is 16.5. The second kappa shape index (κ2) is 10.3. The summed E-state index contributed by atoms with van der Waals surface area (Å²) in [5.41, 5.74) is 1.30. The SMILES string of the molecule is CCOCC1CCCN(C(=O)CCCCc2ccc(OC)cc2)C1. The van der Waals surface area contributed by atoms with Crippen LogP contribution in [0.1, 0.15) is 44.6 Å². The van der Waals surface area contributed by atoms with Crippen LogP contribution in [0.2, 0.25) is 0 Å². The predicted octanol–water partition coefficient (Wildman–Crippen LogP) is 3.68. The molecule has 1 heterocycles. The Hall–Kier alpha value is -1.55. The third-order valence-corrected chi connectivity index (χ3v) is 4.69. The van der Waals surface area contributed by atoms with Gasteiger partial charge in [0.2, 0.25) is 5.91 Å². The summed E-state index contributed by atoms with van der Waals surface area (Å²) in [6.07, 6.45) is 5.98. The van der Waals surface area contributed by atoms with E-state index in [1.165, 1.54) is 12.0 Å². The summed E-state index contributed by atoms with van der Waals surface area (Å²) in [6, 6.07) is 8.19. The molecule has 1 aliphatic heterocycles. The molecule has 1 aromatic carbocycles. The van der Waals surface area contributed by atoms with Crippen LogP contribution in [0.25, 0.3) is 0 Å². The molecule has 24 heavy (non-hydrogen) atoms. The highest BCUT2D eigenvalue weighted by Gasteiger charge is 2.23. The van der Waals surface area contributed by atoms with Crippen molar-refractivity contribution in [3.63, 3.8) is 0 Å². The quantitative estimate of drug-likeness (QED) is 0.647. The lowest BCUT2D eigenvalue weighted by Gasteiger charge is -2.32. The van der Waals surface area contributed by atoms with Gasteiger partial charge in [-0.15, -0.1) is 0 Å². The Labute approximate surface area is 146 Å². The zero-order valence-electron chi connectivity index (χ0n) is 15.1. The van der Waals surface area contributed by atoms with Crippen molar-refractivity contribution in [3.8, 4) is 5.75 Å². The fourth-order valence-corrected chi connectivity index (χ4v) is 3.27. The van der Waals surface area contributed by atoms with Crippen molar-refractivity contribution in [2.24, 2.45) is 5.92 Å². The monoisotopic (exact) mass is 333 g/mol. The summed E-state index contributed by atoms with van der Waals surface area (Å²) in [5.74, 6) is 1.72. The van der Waals surface area contributed by atoms with E-state index in [1.807, 2.05) is 24.0 Å². The molecule has 0 bridgehead atoms. The zero-order valence-corrected chi connectivity index (χ0v) is 15.1. The molecule has 0 spiro atoms. The summed E-state index contributed by atoms with van der Waals surface area (Å²) in [7, 11) is 1.68. The van der Waals surface area contributed by atoms with Crippen molar-refractivity contribution in [2.75, 3.05) is 33.4 Å². The Morgan fingerprint density at radius 2 is 2.04 bits per heavy atom. The number of nitrogens with zero attached hydrogens (tertiary/aromatic N) is 1. The lowest BCUT2D eigenvalue weighted by molar-refractivity contribution is -0.133. The number of hydrogen-bond acceptors (Lipinski definition) is 3. The van der Waals surface area contributed by atoms with Gasteiger partial charge >= 0.3 is 0 Å². The van der Waals surface area contributed by atoms with Gasteiger partial charge in [0, 0.05) is 26.1 Å². The average Bonchev–Trinajstić information content (AvgIpc) is 2.64. The van der Waals surface area contributed by atoms with Crippen LogP contribution >= 0.6 is 0 Å². The minimum Gasteiger partial charge on any atom is -0.497 e. The molecular weight excluding hydrogens is 302 g/mol. The van der Waals surface area contributed by atoms with E-state index in [0.29, 0.717) is 18.2 Å². The fraction of sp³-hybridized carbons (Fsp3) is 0.650. The molecule has 0 saturated carbocycles. The van der Waals surface area contributed by atoms with E-state index in [-0.39, 0.29) is 0 Å². The van der Waals surface area contributed by atoms with Crippen LogP contribution in [0.3, 0.4) is 0 Å². The van der Waals surface area contributed by atoms with Crippen molar-refractivity contribution >= 4 is 5.91 Å². The summed E-state index contributed by atoms with van der Waals surface area (Å²) in [4.78, 5) is 14.4. The van der Waals surface area contributed by atoms with Gasteiger partial charge < -0.3 is 14.4 Å². The van der Waals surface area contributed by atoms with Gasteiger partial charge in [-0.25, -0.2) is 0 Å². The summed E-state index contributed by atoms with van der Waals surface area (Å²) in [5, 5.41) is 0. The molecule has 4 heteroatoms. The molecular formula is C20H31NO3. The number of carbonyl (C=O) groups is 1. The first-order chi connectivity index (χ1) is 11.7. The number of aryl methyl sites for hydroxylation is 1. The zero-order chi connectivity index (χ0) is 17.2. The van der Waals surface area contributed by atoms with Gasteiger partial charge in [0.1, 0.15) is 5.75 Å². The number of ether oxygens (including phenoxy) is 2. The van der Waals surface area contributed by atoms with Crippen LogP contribution in [0.5, 0.6) is 5.75 Å². The highest BCUT2D eigenvalue weighted by Crippen LogP contribution is 2.19. The van der Waals surface area contributed by atoms with Crippen LogP contribution < -0.4 is 4.74 Å². The second-order valence-electron chi connectivity index (χ2n) is 6.56. The van der Waals surface area contributed by atoms with Crippen molar-refractivity contribution < 1.29 is 14.3 Å². The Morgan fingerprint density at radius 3 is 2.75 bits per heavy atom. The largest absolute Gasteiger partial charge is 0.497 e. The molecule has 2 rings (SSSR count). The van der Waals surface area contributed by atoms with Gasteiger partial charge in [-0.3, -0.25) is 4.79 Å². The lowest BCUT2D eigenvalue weighted by Crippen LogP contribution is -2.41. The van der Waals surface area contributed by atoms with Gasteiger partial charge in [-0.05, 0) is 62.6 Å². The third-order valence-electron chi connectivity index (χ3n) is 4.69. The maximum Gasteiger partial charge on any atom is 0.222 e. The number of rotatable bonds is 9. The Kier molecular flexibility index (Phi) is 8.10. The van der Waals surface area contributed by atoms with Gasteiger partial charge in [-0.2, -0.15) is 0 Å². The number of likely N-dealkylation sites (tertiary alicyclic amines) is 1. The second-order valence-corrected chi connectivity index (χ2v) is 6.56. The normalized spacial score (nSPS) is 17.8. The minimum atomic E-state index is 0.311. The van der Waals surface area contributed by atoms with Gasteiger partial charge in [0.15, 0.2) is 0 Å². The number of amides is 1. The van der Waals surface area contributed by atoms with E-state index >= 15 is 0 Å². The smallest absolute Gasteiger partial charge is 0.222 e. The summed E-state index contributed by atoms with van der Waals surface area (Å²) >= 11 is 0. The molecule has 1 aliphatic rings. The van der Waals surface area contributed by atoms with Crippen LogP contribution in [0.15, 0.2) is 24.3 Å². The van der Waals surface area contributed by atoms with E-state index in [0.717, 1.165) is 57.7 Å².